The quantitative estimate of drug-likeness (QED) is 0.472. The van der Waals surface area contributed by atoms with Gasteiger partial charge in [0.1, 0.15) is 0 Å². The molecule has 0 N–H and O–H groups in total. The van der Waals surface area contributed by atoms with Crippen LogP contribution in [0.25, 0.3) is 0 Å². The number of rotatable bonds is 8. The van der Waals surface area contributed by atoms with Crippen molar-refractivity contribution in [2.75, 3.05) is 20.2 Å². The van der Waals surface area contributed by atoms with Gasteiger partial charge in [-0.2, -0.15) is 0 Å². The molecule has 0 rings (SSSR count). The summed E-state index contributed by atoms with van der Waals surface area (Å²) in [5.41, 5.74) is 0. The number of unbranched alkanes of at least 4 members (excludes halogenated alkanes) is 2. The Labute approximate surface area is 98.0 Å². The van der Waals surface area contributed by atoms with Crippen molar-refractivity contribution >= 4 is 11.9 Å². The van der Waals surface area contributed by atoms with Crippen LogP contribution in [-0.4, -0.2) is 37.0 Å². The number of nitrogens with zero attached hydrogens (tertiary/aromatic N) is 1. The van der Waals surface area contributed by atoms with Gasteiger partial charge in [0.2, 0.25) is 5.91 Å². The number of carbonyl (C=O) groups is 2. The zero-order chi connectivity index (χ0) is 12.4. The molecule has 0 aromatic rings. The minimum absolute atomic E-state index is 0.203. The van der Waals surface area contributed by atoms with Crippen LogP contribution in [0.15, 0.2) is 0 Å². The van der Waals surface area contributed by atoms with Gasteiger partial charge in [0.15, 0.2) is 0 Å². The Kier molecular flexibility index (Phi) is 8.58. The third kappa shape index (κ3) is 8.26. The third-order valence-electron chi connectivity index (χ3n) is 2.33. The van der Waals surface area contributed by atoms with Gasteiger partial charge in [-0.3, -0.25) is 9.59 Å². The summed E-state index contributed by atoms with van der Waals surface area (Å²) in [6.45, 7) is 4.76. The molecular formula is C12H23NO3. The first kappa shape index (κ1) is 14.9. The number of hydrogen-bond donors (Lipinski definition) is 0. The van der Waals surface area contributed by atoms with E-state index in [0.29, 0.717) is 13.0 Å². The van der Waals surface area contributed by atoms with Crippen molar-refractivity contribution in [1.29, 1.82) is 0 Å². The lowest BCUT2D eigenvalue weighted by Crippen LogP contribution is -2.26. The molecule has 94 valence electrons. The van der Waals surface area contributed by atoms with Gasteiger partial charge >= 0.3 is 5.97 Å². The van der Waals surface area contributed by atoms with Crippen LogP contribution in [0.2, 0.25) is 0 Å². The first-order valence-electron chi connectivity index (χ1n) is 5.95. The van der Waals surface area contributed by atoms with Gasteiger partial charge in [-0.05, 0) is 25.7 Å². The molecule has 0 heterocycles. The molecule has 0 aromatic heterocycles. The van der Waals surface area contributed by atoms with E-state index in [0.717, 1.165) is 32.2 Å². The van der Waals surface area contributed by atoms with Crippen LogP contribution in [0, 0.1) is 0 Å². The predicted octanol–water partition coefficient (Wildman–Crippen LogP) is 1.98. The van der Waals surface area contributed by atoms with E-state index in [4.69, 9.17) is 4.74 Å². The Morgan fingerprint density at radius 1 is 1.19 bits per heavy atom. The van der Waals surface area contributed by atoms with Crippen molar-refractivity contribution in [3.63, 3.8) is 0 Å². The second-order valence-corrected chi connectivity index (χ2v) is 3.97. The highest BCUT2D eigenvalue weighted by atomic mass is 16.5. The zero-order valence-corrected chi connectivity index (χ0v) is 10.6. The fourth-order valence-corrected chi connectivity index (χ4v) is 1.42. The van der Waals surface area contributed by atoms with E-state index in [9.17, 15) is 9.59 Å². The maximum absolute atomic E-state index is 11.5. The molecule has 4 nitrogen and oxygen atoms in total. The molecule has 0 radical (unpaired) electrons. The zero-order valence-electron chi connectivity index (χ0n) is 10.6. The number of ether oxygens (including phenoxy) is 1. The predicted molar refractivity (Wildman–Crippen MR) is 63.0 cm³/mol. The molecule has 0 atom stereocenters. The van der Waals surface area contributed by atoms with E-state index >= 15 is 0 Å². The average molecular weight is 229 g/mol. The van der Waals surface area contributed by atoms with Gasteiger partial charge in [0.05, 0.1) is 6.61 Å². The van der Waals surface area contributed by atoms with Crippen LogP contribution in [0.5, 0.6) is 0 Å². The van der Waals surface area contributed by atoms with Crippen molar-refractivity contribution in [2.45, 2.75) is 46.0 Å². The van der Waals surface area contributed by atoms with Gasteiger partial charge < -0.3 is 9.64 Å². The first-order chi connectivity index (χ1) is 7.57. The molecule has 0 fully saturated rings. The second kappa shape index (κ2) is 9.19. The minimum Gasteiger partial charge on any atom is -0.466 e. The van der Waals surface area contributed by atoms with Crippen molar-refractivity contribution < 1.29 is 14.3 Å². The van der Waals surface area contributed by atoms with Gasteiger partial charge in [0, 0.05) is 26.9 Å². The molecule has 0 unspecified atom stereocenters. The molecule has 0 saturated heterocycles. The van der Waals surface area contributed by atoms with Gasteiger partial charge in [-0.15, -0.1) is 0 Å². The first-order valence-corrected chi connectivity index (χ1v) is 5.95. The second-order valence-electron chi connectivity index (χ2n) is 3.97. The van der Waals surface area contributed by atoms with Crippen LogP contribution in [-0.2, 0) is 14.3 Å². The average Bonchev–Trinajstić information content (AvgIpc) is 2.22. The summed E-state index contributed by atoms with van der Waals surface area (Å²) in [7, 11) is 1.84. The highest BCUT2D eigenvalue weighted by Gasteiger charge is 2.06. The van der Waals surface area contributed by atoms with Crippen molar-refractivity contribution in [1.82, 2.24) is 4.90 Å². The Morgan fingerprint density at radius 3 is 2.44 bits per heavy atom. The molecule has 16 heavy (non-hydrogen) atoms. The Hall–Kier alpha value is -1.06. The number of esters is 1. The summed E-state index contributed by atoms with van der Waals surface area (Å²) < 4.78 is 4.80. The highest BCUT2D eigenvalue weighted by Crippen LogP contribution is 2.03. The molecule has 1 amide bonds. The normalized spacial score (nSPS) is 9.94. The largest absolute Gasteiger partial charge is 0.466 e. The molecule has 0 bridgehead atoms. The molecule has 4 heteroatoms. The highest BCUT2D eigenvalue weighted by molar-refractivity contribution is 5.75. The lowest BCUT2D eigenvalue weighted by atomic mass is 10.2. The van der Waals surface area contributed by atoms with Crippen molar-refractivity contribution in [3.8, 4) is 0 Å². The topological polar surface area (TPSA) is 46.6 Å². The van der Waals surface area contributed by atoms with E-state index in [1.807, 2.05) is 7.05 Å². The van der Waals surface area contributed by atoms with E-state index in [1.54, 1.807) is 4.90 Å². The number of carbonyl (C=O) groups excluding carboxylic acids is 2. The smallest absolute Gasteiger partial charge is 0.302 e. The maximum Gasteiger partial charge on any atom is 0.302 e. The van der Waals surface area contributed by atoms with Crippen LogP contribution in [0.3, 0.4) is 0 Å². The number of hydrogen-bond acceptors (Lipinski definition) is 3. The maximum atomic E-state index is 11.5. The van der Waals surface area contributed by atoms with Crippen molar-refractivity contribution in [2.24, 2.45) is 0 Å². The van der Waals surface area contributed by atoms with Gasteiger partial charge in [-0.1, -0.05) is 6.92 Å². The summed E-state index contributed by atoms with van der Waals surface area (Å²) in [5, 5.41) is 0. The summed E-state index contributed by atoms with van der Waals surface area (Å²) in [6.07, 6.45) is 4.22. The summed E-state index contributed by atoms with van der Waals surface area (Å²) >= 11 is 0. The van der Waals surface area contributed by atoms with E-state index in [1.165, 1.54) is 6.92 Å². The summed E-state index contributed by atoms with van der Waals surface area (Å²) in [5.74, 6) is -0.0342. The Morgan fingerprint density at radius 2 is 1.88 bits per heavy atom. The summed E-state index contributed by atoms with van der Waals surface area (Å²) in [6, 6.07) is 0. The van der Waals surface area contributed by atoms with Gasteiger partial charge in [0.25, 0.3) is 0 Å². The molecule has 0 aliphatic heterocycles. The molecular weight excluding hydrogens is 206 g/mol. The molecule has 0 spiro atoms. The molecule has 0 aliphatic rings. The summed E-state index contributed by atoms with van der Waals surface area (Å²) in [4.78, 5) is 23.7. The standard InChI is InChI=1S/C12H23NO3/c1-4-9-13(3)12(15)8-6-5-7-10-16-11(2)14/h4-10H2,1-3H3. The van der Waals surface area contributed by atoms with E-state index in [2.05, 4.69) is 6.92 Å². The minimum atomic E-state index is -0.237. The van der Waals surface area contributed by atoms with Crippen LogP contribution < -0.4 is 0 Å². The number of amides is 1. The van der Waals surface area contributed by atoms with E-state index in [-0.39, 0.29) is 11.9 Å². The van der Waals surface area contributed by atoms with Gasteiger partial charge in [-0.25, -0.2) is 0 Å². The monoisotopic (exact) mass is 229 g/mol. The Balaban J connectivity index is 3.37. The molecule has 0 aliphatic carbocycles. The SMILES string of the molecule is CCCN(C)C(=O)CCCCCOC(C)=O. The van der Waals surface area contributed by atoms with E-state index < -0.39 is 0 Å². The van der Waals surface area contributed by atoms with Crippen LogP contribution in [0.1, 0.15) is 46.0 Å². The Bertz CT molecular complexity index is 216. The fraction of sp³-hybridized carbons (Fsp3) is 0.833. The lowest BCUT2D eigenvalue weighted by Gasteiger charge is -2.15. The fourth-order valence-electron chi connectivity index (χ4n) is 1.42. The molecule has 0 saturated carbocycles. The lowest BCUT2D eigenvalue weighted by molar-refractivity contribution is -0.141. The van der Waals surface area contributed by atoms with Crippen molar-refractivity contribution in [3.05, 3.63) is 0 Å². The van der Waals surface area contributed by atoms with Crippen LogP contribution in [0.4, 0.5) is 0 Å². The van der Waals surface area contributed by atoms with Crippen LogP contribution >= 0.6 is 0 Å². The molecule has 0 aromatic carbocycles. The third-order valence-corrected chi connectivity index (χ3v) is 2.33.